The van der Waals surface area contributed by atoms with Crippen molar-refractivity contribution in [2.75, 3.05) is 32.7 Å². The third-order valence-corrected chi connectivity index (χ3v) is 2.35. The maximum Gasteiger partial charge on any atom is 0.158 e. The summed E-state index contributed by atoms with van der Waals surface area (Å²) in [5, 5.41) is 12.8. The van der Waals surface area contributed by atoms with Gasteiger partial charge in [0.25, 0.3) is 0 Å². The Bertz CT molecular complexity index is 163. The third-order valence-electron chi connectivity index (χ3n) is 1.69. The van der Waals surface area contributed by atoms with Gasteiger partial charge < -0.3 is 10.4 Å². The van der Waals surface area contributed by atoms with E-state index in [1.165, 1.54) is 0 Å². The number of rotatable bonds is 3. The highest BCUT2D eigenvalue weighted by Crippen LogP contribution is 2.02. The lowest BCUT2D eigenvalue weighted by molar-refractivity contribution is 0.220. The van der Waals surface area contributed by atoms with E-state index in [9.17, 15) is 0 Å². The van der Waals surface area contributed by atoms with Crippen molar-refractivity contribution in [3.8, 4) is 0 Å². The summed E-state index contributed by atoms with van der Waals surface area (Å²) in [4.78, 5) is 6.46. The van der Waals surface area contributed by atoms with Crippen molar-refractivity contribution < 1.29 is 5.11 Å². The van der Waals surface area contributed by atoms with Crippen LogP contribution in [0.1, 0.15) is 6.42 Å². The minimum absolute atomic E-state index is 0.260. The smallest absolute Gasteiger partial charge is 0.158 e. The molecule has 5 heteroatoms. The molecule has 1 aliphatic rings. The Morgan fingerprint density at radius 1 is 1.75 bits per heavy atom. The van der Waals surface area contributed by atoms with Crippen LogP contribution in [0.25, 0.3) is 0 Å². The van der Waals surface area contributed by atoms with Gasteiger partial charge in [-0.1, -0.05) is 11.8 Å². The van der Waals surface area contributed by atoms with E-state index in [1.807, 2.05) is 6.26 Å². The second kappa shape index (κ2) is 5.40. The first-order chi connectivity index (χ1) is 5.86. The normalized spacial score (nSPS) is 18.7. The molecule has 2 N–H and O–H groups in total. The van der Waals surface area contributed by atoms with Gasteiger partial charge in [-0.2, -0.15) is 0 Å². The highest BCUT2D eigenvalue weighted by molar-refractivity contribution is 8.13. The van der Waals surface area contributed by atoms with Gasteiger partial charge in [-0.25, -0.2) is 4.99 Å². The fourth-order valence-corrected chi connectivity index (χ4v) is 1.43. The number of aliphatic hydroxyl groups excluding tert-OH is 1. The molecule has 0 aromatic rings. The van der Waals surface area contributed by atoms with Crippen molar-refractivity contribution in [3.05, 3.63) is 0 Å². The van der Waals surface area contributed by atoms with Crippen molar-refractivity contribution in [1.82, 2.24) is 10.2 Å². The molecular formula is C7H15N3OS. The molecule has 0 radical (unpaired) electrons. The van der Waals surface area contributed by atoms with Crippen LogP contribution in [-0.4, -0.2) is 47.9 Å². The van der Waals surface area contributed by atoms with Crippen molar-refractivity contribution >= 4 is 16.9 Å². The van der Waals surface area contributed by atoms with Gasteiger partial charge in [0.1, 0.15) is 0 Å². The Hall–Kier alpha value is -0.260. The number of aliphatic imine (C=N–C) groups is 1. The number of amidine groups is 1. The van der Waals surface area contributed by atoms with Crippen molar-refractivity contribution in [3.63, 3.8) is 0 Å². The molecule has 0 spiro atoms. The standard InChI is InChI=1S/C7H15N3OS/c1-12-7-8-5-10(6-9-7)3-2-4-11/h11H,2-6H2,1H3,(H,8,9). The van der Waals surface area contributed by atoms with Gasteiger partial charge in [0.15, 0.2) is 5.17 Å². The predicted octanol–water partition coefficient (Wildman–Crippen LogP) is -0.0920. The molecule has 4 nitrogen and oxygen atoms in total. The topological polar surface area (TPSA) is 47.9 Å². The molecule has 1 rings (SSSR count). The van der Waals surface area contributed by atoms with E-state index in [2.05, 4.69) is 15.2 Å². The fourth-order valence-electron chi connectivity index (χ4n) is 1.03. The summed E-state index contributed by atoms with van der Waals surface area (Å²) in [5.41, 5.74) is 0. The maximum atomic E-state index is 8.61. The molecular weight excluding hydrogens is 174 g/mol. The summed E-state index contributed by atoms with van der Waals surface area (Å²) in [7, 11) is 0. The van der Waals surface area contributed by atoms with Crippen LogP contribution in [0.15, 0.2) is 4.99 Å². The molecule has 0 aliphatic carbocycles. The van der Waals surface area contributed by atoms with Crippen LogP contribution in [0, 0.1) is 0 Å². The Kier molecular flexibility index (Phi) is 4.42. The predicted molar refractivity (Wildman–Crippen MR) is 52.2 cm³/mol. The number of hydrogen-bond acceptors (Lipinski definition) is 5. The first-order valence-corrected chi connectivity index (χ1v) is 5.25. The van der Waals surface area contributed by atoms with Crippen LogP contribution in [0.4, 0.5) is 0 Å². The summed E-state index contributed by atoms with van der Waals surface area (Å²) < 4.78 is 0. The van der Waals surface area contributed by atoms with Crippen LogP contribution in [0.5, 0.6) is 0 Å². The molecule has 0 aromatic heterocycles. The summed E-state index contributed by atoms with van der Waals surface area (Å²) in [6, 6.07) is 0. The lowest BCUT2D eigenvalue weighted by Crippen LogP contribution is -2.42. The van der Waals surface area contributed by atoms with Gasteiger partial charge in [0.05, 0.1) is 13.3 Å². The van der Waals surface area contributed by atoms with E-state index in [-0.39, 0.29) is 6.61 Å². The van der Waals surface area contributed by atoms with Crippen LogP contribution >= 0.6 is 11.8 Å². The molecule has 1 aliphatic heterocycles. The quantitative estimate of drug-likeness (QED) is 0.651. The highest BCUT2D eigenvalue weighted by atomic mass is 32.2. The SMILES string of the molecule is CSC1=NCN(CCCO)CN1. The van der Waals surface area contributed by atoms with Gasteiger partial charge in [0, 0.05) is 13.2 Å². The highest BCUT2D eigenvalue weighted by Gasteiger charge is 2.09. The van der Waals surface area contributed by atoms with Crippen LogP contribution in [0.2, 0.25) is 0 Å². The first-order valence-electron chi connectivity index (χ1n) is 4.02. The Morgan fingerprint density at radius 3 is 3.08 bits per heavy atom. The van der Waals surface area contributed by atoms with Gasteiger partial charge in [-0.3, -0.25) is 4.90 Å². The van der Waals surface area contributed by atoms with E-state index in [0.717, 1.165) is 31.5 Å². The molecule has 1 heterocycles. The molecule has 0 saturated carbocycles. The molecule has 0 fully saturated rings. The zero-order chi connectivity index (χ0) is 8.81. The van der Waals surface area contributed by atoms with Gasteiger partial charge >= 0.3 is 0 Å². The lowest BCUT2D eigenvalue weighted by Gasteiger charge is -2.25. The van der Waals surface area contributed by atoms with Gasteiger partial charge in [0.2, 0.25) is 0 Å². The van der Waals surface area contributed by atoms with Crippen LogP contribution < -0.4 is 5.32 Å². The molecule has 0 bridgehead atoms. The van der Waals surface area contributed by atoms with Crippen molar-refractivity contribution in [1.29, 1.82) is 0 Å². The van der Waals surface area contributed by atoms with Crippen molar-refractivity contribution in [2.24, 2.45) is 4.99 Å². The van der Waals surface area contributed by atoms with E-state index in [1.54, 1.807) is 11.8 Å². The van der Waals surface area contributed by atoms with E-state index in [4.69, 9.17) is 5.11 Å². The second-order valence-corrected chi connectivity index (χ2v) is 3.41. The van der Waals surface area contributed by atoms with E-state index >= 15 is 0 Å². The third kappa shape index (κ3) is 3.00. The Morgan fingerprint density at radius 2 is 2.58 bits per heavy atom. The van der Waals surface area contributed by atoms with E-state index < -0.39 is 0 Å². The van der Waals surface area contributed by atoms with Gasteiger partial charge in [-0.05, 0) is 12.7 Å². The summed E-state index contributed by atoms with van der Waals surface area (Å²) >= 11 is 1.63. The van der Waals surface area contributed by atoms with Crippen LogP contribution in [0.3, 0.4) is 0 Å². The number of hydrogen-bond donors (Lipinski definition) is 2. The monoisotopic (exact) mass is 189 g/mol. The fraction of sp³-hybridized carbons (Fsp3) is 0.857. The Labute approximate surface area is 77.0 Å². The number of nitrogens with zero attached hydrogens (tertiary/aromatic N) is 2. The second-order valence-electron chi connectivity index (χ2n) is 2.62. The lowest BCUT2D eigenvalue weighted by atomic mass is 10.4. The molecule has 12 heavy (non-hydrogen) atoms. The maximum absolute atomic E-state index is 8.61. The first kappa shape index (κ1) is 9.83. The molecule has 0 aromatic carbocycles. The molecule has 70 valence electrons. The van der Waals surface area contributed by atoms with Crippen LogP contribution in [-0.2, 0) is 0 Å². The van der Waals surface area contributed by atoms with E-state index in [0.29, 0.717) is 0 Å². The minimum Gasteiger partial charge on any atom is -0.396 e. The van der Waals surface area contributed by atoms with Gasteiger partial charge in [-0.15, -0.1) is 0 Å². The molecule has 0 saturated heterocycles. The minimum atomic E-state index is 0.260. The molecule has 0 amide bonds. The largest absolute Gasteiger partial charge is 0.396 e. The summed E-state index contributed by atoms with van der Waals surface area (Å²) in [6.07, 6.45) is 2.83. The molecule has 0 atom stereocenters. The zero-order valence-electron chi connectivity index (χ0n) is 7.29. The number of aliphatic hydroxyl groups is 1. The summed E-state index contributed by atoms with van der Waals surface area (Å²) in [6.45, 7) is 2.77. The average molecular weight is 189 g/mol. The average Bonchev–Trinajstić information content (AvgIpc) is 2.15. The summed E-state index contributed by atoms with van der Waals surface area (Å²) in [5.74, 6) is 0. The Balaban J connectivity index is 2.21. The molecule has 0 unspecified atom stereocenters. The van der Waals surface area contributed by atoms with Crippen molar-refractivity contribution in [2.45, 2.75) is 6.42 Å². The zero-order valence-corrected chi connectivity index (χ0v) is 8.10. The number of thioether (sulfide) groups is 1. The number of nitrogens with one attached hydrogen (secondary N) is 1.